The summed E-state index contributed by atoms with van der Waals surface area (Å²) in [6.45, 7) is 0.450. The molecule has 0 aliphatic carbocycles. The van der Waals surface area contributed by atoms with Crippen LogP contribution in [0.1, 0.15) is 28.8 Å². The average Bonchev–Trinajstić information content (AvgIpc) is 2.84. The molecule has 1 atom stereocenters. The molecule has 11 nitrogen and oxygen atoms in total. The van der Waals surface area contributed by atoms with Gasteiger partial charge in [0, 0.05) is 35.0 Å². The highest BCUT2D eigenvalue weighted by Crippen LogP contribution is 2.28. The lowest BCUT2D eigenvalue weighted by Gasteiger charge is -2.16. The number of amides is 1. The summed E-state index contributed by atoms with van der Waals surface area (Å²) in [5, 5.41) is 26.1. The van der Waals surface area contributed by atoms with Crippen molar-refractivity contribution >= 4 is 57.0 Å². The third-order valence-corrected chi connectivity index (χ3v) is 5.71. The second-order valence-corrected chi connectivity index (χ2v) is 8.18. The van der Waals surface area contributed by atoms with Gasteiger partial charge in [-0.3, -0.25) is 9.59 Å². The van der Waals surface area contributed by atoms with E-state index >= 15 is 0 Å². The zero-order valence-corrected chi connectivity index (χ0v) is 19.1. The summed E-state index contributed by atoms with van der Waals surface area (Å²) in [5.41, 5.74) is 14.3. The van der Waals surface area contributed by atoms with E-state index < -0.39 is 23.9 Å². The number of carbonyl (C=O) groups excluding carboxylic acids is 1. The first-order chi connectivity index (χ1) is 17.2. The van der Waals surface area contributed by atoms with Crippen LogP contribution in [0.25, 0.3) is 21.7 Å². The molecule has 8 N–H and O–H groups in total. The summed E-state index contributed by atoms with van der Waals surface area (Å²) in [6.07, 6.45) is -0.595. The van der Waals surface area contributed by atoms with E-state index in [0.717, 1.165) is 16.6 Å². The van der Waals surface area contributed by atoms with Crippen LogP contribution in [0.2, 0.25) is 0 Å². The number of benzene rings is 3. The number of carbonyl (C=O) groups is 3. The van der Waals surface area contributed by atoms with Crippen molar-refractivity contribution in [3.63, 3.8) is 0 Å². The minimum atomic E-state index is -1.31. The van der Waals surface area contributed by atoms with Crippen LogP contribution in [0.3, 0.4) is 0 Å². The van der Waals surface area contributed by atoms with E-state index in [1.54, 1.807) is 24.3 Å². The van der Waals surface area contributed by atoms with Gasteiger partial charge in [-0.05, 0) is 41.6 Å². The maximum Gasteiger partial charge on any atom is 0.326 e. The van der Waals surface area contributed by atoms with Crippen molar-refractivity contribution < 1.29 is 24.6 Å². The van der Waals surface area contributed by atoms with Gasteiger partial charge >= 0.3 is 11.9 Å². The monoisotopic (exact) mass is 488 g/mol. The number of aromatic nitrogens is 2. The third kappa shape index (κ3) is 5.25. The number of anilines is 3. The van der Waals surface area contributed by atoms with Crippen LogP contribution in [0.15, 0.2) is 54.6 Å². The minimum Gasteiger partial charge on any atom is -0.481 e. The Morgan fingerprint density at radius 2 is 1.67 bits per heavy atom. The van der Waals surface area contributed by atoms with Gasteiger partial charge in [-0.15, -0.1) is 0 Å². The van der Waals surface area contributed by atoms with E-state index in [1.807, 2.05) is 30.3 Å². The normalized spacial score (nSPS) is 11.8. The molecule has 4 rings (SSSR count). The SMILES string of the molecule is Nc1nc(N)c2cc(CNc3ccc(C(=O)N[C@@H](CCC(=O)O)C(=O)O)c4ccccc34)ccc2n1. The number of carboxylic acids is 2. The minimum absolute atomic E-state index is 0.109. The molecular formula is C25H24N6O5. The molecule has 4 aromatic rings. The molecule has 1 heterocycles. The van der Waals surface area contributed by atoms with Crippen LogP contribution in [-0.4, -0.2) is 44.1 Å². The Kier molecular flexibility index (Phi) is 6.81. The Bertz CT molecular complexity index is 1490. The molecule has 0 saturated heterocycles. The predicted octanol–water partition coefficient (Wildman–Crippen LogP) is 2.61. The van der Waals surface area contributed by atoms with Crippen LogP contribution in [-0.2, 0) is 16.1 Å². The molecule has 1 amide bonds. The molecule has 0 saturated carbocycles. The Balaban J connectivity index is 1.57. The molecule has 0 aliphatic rings. The maximum atomic E-state index is 12.9. The lowest BCUT2D eigenvalue weighted by Crippen LogP contribution is -2.41. The van der Waals surface area contributed by atoms with E-state index in [1.165, 1.54) is 0 Å². The summed E-state index contributed by atoms with van der Waals surface area (Å²) >= 11 is 0. The van der Waals surface area contributed by atoms with Crippen molar-refractivity contribution in [2.45, 2.75) is 25.4 Å². The zero-order valence-electron chi connectivity index (χ0n) is 19.1. The molecule has 184 valence electrons. The number of aliphatic carboxylic acids is 2. The van der Waals surface area contributed by atoms with Gasteiger partial charge in [-0.1, -0.05) is 30.3 Å². The Morgan fingerprint density at radius 1 is 0.917 bits per heavy atom. The van der Waals surface area contributed by atoms with Gasteiger partial charge in [0.2, 0.25) is 5.95 Å². The smallest absolute Gasteiger partial charge is 0.326 e. The molecular weight excluding hydrogens is 464 g/mol. The summed E-state index contributed by atoms with van der Waals surface area (Å²) in [6, 6.07) is 14.8. The van der Waals surface area contributed by atoms with Crippen molar-refractivity contribution in [1.29, 1.82) is 0 Å². The van der Waals surface area contributed by atoms with Crippen LogP contribution in [0, 0.1) is 0 Å². The van der Waals surface area contributed by atoms with Gasteiger partial charge in [-0.2, -0.15) is 4.98 Å². The van der Waals surface area contributed by atoms with Crippen molar-refractivity contribution in [3.8, 4) is 0 Å². The number of nitrogens with two attached hydrogens (primary N) is 2. The number of nitrogens with zero attached hydrogens (tertiary/aromatic N) is 2. The fourth-order valence-corrected chi connectivity index (χ4v) is 3.94. The first-order valence-electron chi connectivity index (χ1n) is 11.1. The van der Waals surface area contributed by atoms with Crippen LogP contribution in [0.4, 0.5) is 17.5 Å². The number of hydrogen-bond acceptors (Lipinski definition) is 8. The molecule has 36 heavy (non-hydrogen) atoms. The summed E-state index contributed by atoms with van der Waals surface area (Å²) in [5.74, 6) is -2.63. The fourth-order valence-electron chi connectivity index (χ4n) is 3.94. The number of rotatable bonds is 9. The first kappa shape index (κ1) is 24.2. The number of hydrogen-bond donors (Lipinski definition) is 6. The van der Waals surface area contributed by atoms with E-state index in [9.17, 15) is 19.5 Å². The standard InChI is InChI=1S/C25H24N6O5/c26-22-17-11-13(5-7-19(17)30-25(27)31-22)12-28-18-8-6-16(14-3-1-2-4-15(14)18)23(34)29-20(24(35)36)9-10-21(32)33/h1-8,11,20,28H,9-10,12H2,(H,29,34)(H,32,33)(H,35,36)(H4,26,27,30,31)/t20-/m0/s1. The Hall–Kier alpha value is -4.93. The summed E-state index contributed by atoms with van der Waals surface area (Å²) < 4.78 is 0. The van der Waals surface area contributed by atoms with E-state index in [4.69, 9.17) is 16.6 Å². The van der Waals surface area contributed by atoms with Gasteiger partial charge in [0.1, 0.15) is 11.9 Å². The van der Waals surface area contributed by atoms with E-state index in [-0.39, 0.29) is 24.4 Å². The highest BCUT2D eigenvalue weighted by atomic mass is 16.4. The van der Waals surface area contributed by atoms with Gasteiger partial charge in [0.15, 0.2) is 0 Å². The van der Waals surface area contributed by atoms with Crippen LogP contribution in [0.5, 0.6) is 0 Å². The first-order valence-corrected chi connectivity index (χ1v) is 11.1. The topological polar surface area (TPSA) is 194 Å². The molecule has 0 unspecified atom stereocenters. The van der Waals surface area contributed by atoms with Crippen molar-refractivity contribution in [2.24, 2.45) is 0 Å². The van der Waals surface area contributed by atoms with Crippen LogP contribution < -0.4 is 22.1 Å². The molecule has 0 bridgehead atoms. The van der Waals surface area contributed by atoms with Crippen molar-refractivity contribution in [2.75, 3.05) is 16.8 Å². The van der Waals surface area contributed by atoms with E-state index in [2.05, 4.69) is 20.6 Å². The van der Waals surface area contributed by atoms with Crippen LogP contribution >= 0.6 is 0 Å². The molecule has 0 aliphatic heterocycles. The van der Waals surface area contributed by atoms with Gasteiger partial charge in [0.25, 0.3) is 5.91 Å². The fraction of sp³-hybridized carbons (Fsp3) is 0.160. The van der Waals surface area contributed by atoms with Gasteiger partial charge in [0.05, 0.1) is 5.52 Å². The molecule has 0 radical (unpaired) electrons. The Morgan fingerprint density at radius 3 is 2.39 bits per heavy atom. The average molecular weight is 489 g/mol. The quantitative estimate of drug-likeness (QED) is 0.204. The highest BCUT2D eigenvalue weighted by molar-refractivity contribution is 6.11. The van der Waals surface area contributed by atoms with E-state index in [0.29, 0.717) is 28.7 Å². The predicted molar refractivity (Wildman–Crippen MR) is 135 cm³/mol. The van der Waals surface area contributed by atoms with Gasteiger partial charge in [-0.25, -0.2) is 9.78 Å². The molecule has 1 aromatic heterocycles. The number of nitrogen functional groups attached to an aromatic ring is 2. The number of nitrogens with one attached hydrogen (secondary N) is 2. The maximum absolute atomic E-state index is 12.9. The number of carboxylic acid groups (broad SMARTS) is 2. The molecule has 11 heteroatoms. The lowest BCUT2D eigenvalue weighted by molar-refractivity contribution is -0.140. The van der Waals surface area contributed by atoms with Crippen molar-refractivity contribution in [1.82, 2.24) is 15.3 Å². The molecule has 0 spiro atoms. The lowest BCUT2D eigenvalue weighted by atomic mass is 10.0. The second-order valence-electron chi connectivity index (χ2n) is 8.18. The number of fused-ring (bicyclic) bond motifs is 2. The van der Waals surface area contributed by atoms with Crippen molar-refractivity contribution in [3.05, 3.63) is 65.7 Å². The molecule has 0 fully saturated rings. The highest BCUT2D eigenvalue weighted by Gasteiger charge is 2.23. The Labute approximate surface area is 205 Å². The second kappa shape index (κ2) is 10.1. The van der Waals surface area contributed by atoms with Gasteiger partial charge < -0.3 is 32.3 Å². The third-order valence-electron chi connectivity index (χ3n) is 5.71. The summed E-state index contributed by atoms with van der Waals surface area (Å²) in [7, 11) is 0. The largest absolute Gasteiger partial charge is 0.481 e. The molecule has 3 aromatic carbocycles. The zero-order chi connectivity index (χ0) is 25.8. The summed E-state index contributed by atoms with van der Waals surface area (Å²) in [4.78, 5) is 43.4.